The molecule has 0 saturated carbocycles. The van der Waals surface area contributed by atoms with Crippen molar-refractivity contribution in [2.45, 2.75) is 0 Å². The fourth-order valence-corrected chi connectivity index (χ4v) is 4.20. The topological polar surface area (TPSA) is 67.9 Å². The molecule has 0 aromatic heterocycles. The number of carbonyl (C=O) groups is 2. The zero-order valence-electron chi connectivity index (χ0n) is 19.0. The molecule has 2 amide bonds. The van der Waals surface area contributed by atoms with Crippen LogP contribution in [0.1, 0.15) is 5.56 Å². The van der Waals surface area contributed by atoms with E-state index < -0.39 is 17.6 Å². The molecule has 6 nitrogen and oxygen atoms in total. The maximum atomic E-state index is 13.8. The molecule has 0 radical (unpaired) electrons. The summed E-state index contributed by atoms with van der Waals surface area (Å²) in [4.78, 5) is 28.7. The van der Waals surface area contributed by atoms with E-state index in [0.717, 1.165) is 15.7 Å². The second-order valence-corrected chi connectivity index (χ2v) is 7.89. The second-order valence-electron chi connectivity index (χ2n) is 7.89. The Labute approximate surface area is 201 Å². The lowest BCUT2D eigenvalue weighted by atomic mass is 10.0. The van der Waals surface area contributed by atoms with Crippen LogP contribution in [0, 0.1) is 5.82 Å². The Balaban J connectivity index is 1.68. The van der Waals surface area contributed by atoms with Gasteiger partial charge in [-0.3, -0.25) is 9.59 Å². The van der Waals surface area contributed by atoms with Gasteiger partial charge in [0.25, 0.3) is 11.8 Å². The average Bonchev–Trinajstić information content (AvgIpc) is 3.13. The first-order valence-electron chi connectivity index (χ1n) is 10.9. The van der Waals surface area contributed by atoms with E-state index in [0.29, 0.717) is 28.4 Å². The van der Waals surface area contributed by atoms with E-state index in [1.807, 2.05) is 30.3 Å². The monoisotopic (exact) mass is 468 g/mol. The minimum absolute atomic E-state index is 0.0566. The van der Waals surface area contributed by atoms with Crippen molar-refractivity contribution >= 4 is 39.5 Å². The number of hydrogen-bond donors (Lipinski definition) is 1. The molecule has 0 aliphatic carbocycles. The second kappa shape index (κ2) is 8.95. The van der Waals surface area contributed by atoms with Crippen molar-refractivity contribution in [2.24, 2.45) is 0 Å². The van der Waals surface area contributed by atoms with Gasteiger partial charge >= 0.3 is 0 Å². The van der Waals surface area contributed by atoms with Crippen molar-refractivity contribution in [3.05, 3.63) is 102 Å². The van der Waals surface area contributed by atoms with Crippen molar-refractivity contribution in [1.29, 1.82) is 0 Å². The Morgan fingerprint density at radius 1 is 0.800 bits per heavy atom. The van der Waals surface area contributed by atoms with Crippen LogP contribution in [-0.2, 0) is 9.59 Å². The number of benzene rings is 4. The number of nitrogens with one attached hydrogen (secondary N) is 1. The first-order valence-corrected chi connectivity index (χ1v) is 10.9. The van der Waals surface area contributed by atoms with Crippen molar-refractivity contribution in [2.75, 3.05) is 24.4 Å². The molecule has 4 aromatic rings. The molecule has 7 heteroatoms. The number of rotatable bonds is 6. The number of amides is 2. The molecule has 0 unspecified atom stereocenters. The van der Waals surface area contributed by atoms with Crippen LogP contribution in [0.5, 0.6) is 11.5 Å². The number of hydrogen-bond acceptors (Lipinski definition) is 5. The summed E-state index contributed by atoms with van der Waals surface area (Å²) >= 11 is 0. The number of methoxy groups -OCH3 is 2. The van der Waals surface area contributed by atoms with Crippen LogP contribution < -0.4 is 19.7 Å². The van der Waals surface area contributed by atoms with Crippen LogP contribution in [0.25, 0.3) is 16.3 Å². The van der Waals surface area contributed by atoms with E-state index in [2.05, 4.69) is 5.32 Å². The first-order chi connectivity index (χ1) is 17.0. The molecule has 1 aliphatic heterocycles. The predicted molar refractivity (Wildman–Crippen MR) is 133 cm³/mol. The van der Waals surface area contributed by atoms with Gasteiger partial charge in [0.15, 0.2) is 0 Å². The molecule has 1 N–H and O–H groups in total. The van der Waals surface area contributed by atoms with Gasteiger partial charge in [0.1, 0.15) is 23.0 Å². The molecule has 35 heavy (non-hydrogen) atoms. The molecule has 0 atom stereocenters. The predicted octanol–water partition coefficient (Wildman–Crippen LogP) is 5.39. The van der Waals surface area contributed by atoms with Gasteiger partial charge < -0.3 is 14.8 Å². The van der Waals surface area contributed by atoms with Crippen molar-refractivity contribution in [3.8, 4) is 11.5 Å². The third kappa shape index (κ3) is 3.87. The number of halogens is 1. The molecular weight excluding hydrogens is 447 g/mol. The highest BCUT2D eigenvalue weighted by atomic mass is 19.1. The van der Waals surface area contributed by atoms with Gasteiger partial charge in [0, 0.05) is 11.5 Å². The maximum absolute atomic E-state index is 13.8. The molecule has 0 saturated heterocycles. The Bertz CT molecular complexity index is 1490. The minimum Gasteiger partial charge on any atom is -0.497 e. The minimum atomic E-state index is -0.532. The quantitative estimate of drug-likeness (QED) is 0.384. The van der Waals surface area contributed by atoms with Crippen LogP contribution in [0.4, 0.5) is 15.8 Å². The highest BCUT2D eigenvalue weighted by Crippen LogP contribution is 2.38. The lowest BCUT2D eigenvalue weighted by molar-refractivity contribution is -0.120. The average molecular weight is 468 g/mol. The van der Waals surface area contributed by atoms with E-state index in [1.165, 1.54) is 38.5 Å². The van der Waals surface area contributed by atoms with E-state index in [1.54, 1.807) is 30.3 Å². The molecule has 0 spiro atoms. The molecule has 0 fully saturated rings. The summed E-state index contributed by atoms with van der Waals surface area (Å²) in [6.45, 7) is 0. The Hall–Kier alpha value is -4.65. The number of fused-ring (bicyclic) bond motifs is 1. The molecule has 4 aromatic carbocycles. The van der Waals surface area contributed by atoms with E-state index in [-0.39, 0.29) is 11.3 Å². The summed E-state index contributed by atoms with van der Waals surface area (Å²) in [6, 6.07) is 23.5. The number of nitrogens with zero attached hydrogens (tertiary/aromatic N) is 1. The summed E-state index contributed by atoms with van der Waals surface area (Å²) in [5.74, 6) is -0.487. The lowest BCUT2D eigenvalue weighted by Gasteiger charge is -2.18. The zero-order valence-corrected chi connectivity index (χ0v) is 19.0. The summed E-state index contributed by atoms with van der Waals surface area (Å²) in [5.41, 5.74) is 1.51. The summed E-state index contributed by atoms with van der Waals surface area (Å²) in [7, 11) is 3.04. The van der Waals surface area contributed by atoms with Gasteiger partial charge in [-0.2, -0.15) is 0 Å². The van der Waals surface area contributed by atoms with Crippen LogP contribution in [0.15, 0.2) is 90.6 Å². The standard InChI is InChI=1S/C28H21FN2O4/c1-34-20-14-15-24(35-2)22(16-20)30-26-25(18-10-12-19(29)13-11-18)27(32)31(28(26)33)23-9-5-7-17-6-3-4-8-21(17)23/h3-16,30H,1-2H3. The Morgan fingerprint density at radius 3 is 2.29 bits per heavy atom. The van der Waals surface area contributed by atoms with Crippen LogP contribution in [0.3, 0.4) is 0 Å². The van der Waals surface area contributed by atoms with Crippen LogP contribution in [-0.4, -0.2) is 26.0 Å². The summed E-state index contributed by atoms with van der Waals surface area (Å²) < 4.78 is 24.4. The van der Waals surface area contributed by atoms with Gasteiger partial charge in [-0.25, -0.2) is 9.29 Å². The van der Waals surface area contributed by atoms with Crippen LogP contribution >= 0.6 is 0 Å². The van der Waals surface area contributed by atoms with Crippen LogP contribution in [0.2, 0.25) is 0 Å². The van der Waals surface area contributed by atoms with E-state index >= 15 is 0 Å². The normalized spacial score (nSPS) is 13.5. The van der Waals surface area contributed by atoms with Gasteiger partial charge in [0.2, 0.25) is 0 Å². The highest BCUT2D eigenvalue weighted by Gasteiger charge is 2.41. The third-order valence-corrected chi connectivity index (χ3v) is 5.89. The van der Waals surface area contributed by atoms with Gasteiger partial charge in [-0.05, 0) is 41.3 Å². The molecule has 5 rings (SSSR count). The Kier molecular flexibility index (Phi) is 5.66. The molecular formula is C28H21FN2O4. The smallest absolute Gasteiger partial charge is 0.282 e. The number of carbonyl (C=O) groups excluding carboxylic acids is 2. The summed E-state index contributed by atoms with van der Waals surface area (Å²) in [6.07, 6.45) is 0. The Morgan fingerprint density at radius 2 is 1.54 bits per heavy atom. The highest BCUT2D eigenvalue weighted by molar-refractivity contribution is 6.47. The third-order valence-electron chi connectivity index (χ3n) is 5.89. The lowest BCUT2D eigenvalue weighted by Crippen LogP contribution is -2.32. The first kappa shape index (κ1) is 22.2. The molecule has 1 aliphatic rings. The van der Waals surface area contributed by atoms with Gasteiger partial charge in [-0.1, -0.05) is 48.5 Å². The van der Waals surface area contributed by atoms with Crippen molar-refractivity contribution < 1.29 is 23.5 Å². The number of imide groups is 1. The maximum Gasteiger partial charge on any atom is 0.282 e. The summed E-state index contributed by atoms with van der Waals surface area (Å²) in [5, 5.41) is 4.75. The van der Waals surface area contributed by atoms with Gasteiger partial charge in [0.05, 0.1) is 31.2 Å². The van der Waals surface area contributed by atoms with E-state index in [9.17, 15) is 14.0 Å². The largest absolute Gasteiger partial charge is 0.497 e. The number of ether oxygens (including phenoxy) is 2. The molecule has 174 valence electrons. The fourth-order valence-electron chi connectivity index (χ4n) is 4.20. The van der Waals surface area contributed by atoms with E-state index in [4.69, 9.17) is 9.47 Å². The SMILES string of the molecule is COc1ccc(OC)c(NC2=C(c3ccc(F)cc3)C(=O)N(c3cccc4ccccc34)C2=O)c1. The fraction of sp³-hybridized carbons (Fsp3) is 0.0714. The van der Waals surface area contributed by atoms with Gasteiger partial charge in [-0.15, -0.1) is 0 Å². The van der Waals surface area contributed by atoms with Crippen molar-refractivity contribution in [1.82, 2.24) is 0 Å². The number of anilines is 2. The van der Waals surface area contributed by atoms with Crippen molar-refractivity contribution in [3.63, 3.8) is 0 Å². The zero-order chi connectivity index (χ0) is 24.5. The molecule has 0 bridgehead atoms. The molecule has 1 heterocycles.